The number of fused-ring (bicyclic) bond motifs is 1. The molecule has 0 aliphatic carbocycles. The number of halogens is 1. The fourth-order valence-corrected chi connectivity index (χ4v) is 3.92. The van der Waals surface area contributed by atoms with Gasteiger partial charge in [0, 0.05) is 18.0 Å². The maximum atomic E-state index is 15.0. The van der Waals surface area contributed by atoms with Crippen LogP contribution in [0, 0.1) is 12.7 Å². The Morgan fingerprint density at radius 1 is 0.943 bits per heavy atom. The predicted molar refractivity (Wildman–Crippen MR) is 131 cm³/mol. The highest BCUT2D eigenvalue weighted by molar-refractivity contribution is 5.93. The summed E-state index contributed by atoms with van der Waals surface area (Å²) < 4.78 is 26.9. The average Bonchev–Trinajstić information content (AvgIpc) is 3.13. The van der Waals surface area contributed by atoms with E-state index in [1.807, 2.05) is 26.2 Å². The Bertz CT molecular complexity index is 1420. The molecule has 0 saturated carbocycles. The number of nitrogens with zero attached hydrogens (tertiary/aromatic N) is 5. The minimum atomic E-state index is -0.582. The van der Waals surface area contributed by atoms with Crippen LogP contribution in [0.2, 0.25) is 0 Å². The quantitative estimate of drug-likeness (QED) is 0.409. The van der Waals surface area contributed by atoms with E-state index in [0.29, 0.717) is 21.9 Å². The SMILES string of the molecule is Cc1ncc(COc2cccc(Oc3ccc(C4=C[N+](C)(C)c5ncnc(N)c54)cc3)c2F)cn1. The third-order valence-corrected chi connectivity index (χ3v) is 5.67. The molecule has 0 unspecified atom stereocenters. The summed E-state index contributed by atoms with van der Waals surface area (Å²) in [5.74, 6) is 1.99. The summed E-state index contributed by atoms with van der Waals surface area (Å²) in [6.45, 7) is 1.94. The van der Waals surface area contributed by atoms with Crippen molar-refractivity contribution >= 4 is 17.2 Å². The standard InChI is InChI=1S/C26H24FN6O2/c1-16-29-11-17(12-30-16)14-34-21-5-4-6-22(24(21)27)35-19-9-7-18(8-10-19)20-13-33(2,3)26-23(20)25(28)31-15-32-26/h4-13,15H,14H2,1-3H3,(H2,28,31,32)/q+1. The molecule has 0 amide bonds. The number of benzene rings is 2. The number of hydrogen-bond donors (Lipinski definition) is 1. The van der Waals surface area contributed by atoms with Crippen molar-refractivity contribution < 1.29 is 13.9 Å². The number of nitrogens with two attached hydrogens (primary N) is 1. The molecule has 0 radical (unpaired) electrons. The first-order chi connectivity index (χ1) is 16.8. The minimum absolute atomic E-state index is 0.0660. The first-order valence-electron chi connectivity index (χ1n) is 11.0. The minimum Gasteiger partial charge on any atom is -0.486 e. The van der Waals surface area contributed by atoms with Crippen LogP contribution in [-0.4, -0.2) is 34.0 Å². The van der Waals surface area contributed by atoms with Gasteiger partial charge in [-0.15, -0.1) is 0 Å². The molecule has 2 N–H and O–H groups in total. The van der Waals surface area contributed by atoms with Gasteiger partial charge in [-0.05, 0) is 36.8 Å². The number of aromatic nitrogens is 4. The van der Waals surface area contributed by atoms with E-state index in [9.17, 15) is 0 Å². The van der Waals surface area contributed by atoms with Crippen LogP contribution in [0.15, 0.2) is 67.4 Å². The lowest BCUT2D eigenvalue weighted by Gasteiger charge is -2.19. The second kappa shape index (κ2) is 8.77. The van der Waals surface area contributed by atoms with Crippen LogP contribution in [0.1, 0.15) is 22.5 Å². The topological polar surface area (TPSA) is 96.0 Å². The molecular formula is C26H24FN6O2+. The summed E-state index contributed by atoms with van der Waals surface area (Å²) >= 11 is 0. The monoisotopic (exact) mass is 471 g/mol. The molecule has 0 saturated heterocycles. The van der Waals surface area contributed by atoms with Gasteiger partial charge < -0.3 is 15.2 Å². The molecule has 2 aromatic heterocycles. The van der Waals surface area contributed by atoms with Crippen molar-refractivity contribution in [1.82, 2.24) is 24.4 Å². The molecule has 3 heterocycles. The Hall–Kier alpha value is -4.37. The highest BCUT2D eigenvalue weighted by atomic mass is 19.1. The highest BCUT2D eigenvalue weighted by Gasteiger charge is 2.35. The van der Waals surface area contributed by atoms with Gasteiger partial charge in [0.15, 0.2) is 11.5 Å². The summed E-state index contributed by atoms with van der Waals surface area (Å²) in [6.07, 6.45) is 6.86. The van der Waals surface area contributed by atoms with E-state index < -0.39 is 5.82 Å². The molecule has 176 valence electrons. The van der Waals surface area contributed by atoms with Crippen molar-refractivity contribution in [3.05, 3.63) is 95.7 Å². The molecule has 8 nitrogen and oxygen atoms in total. The summed E-state index contributed by atoms with van der Waals surface area (Å²) in [5.41, 5.74) is 9.60. The Morgan fingerprint density at radius 3 is 2.40 bits per heavy atom. The van der Waals surface area contributed by atoms with Crippen molar-refractivity contribution in [2.75, 3.05) is 19.8 Å². The molecule has 1 aliphatic rings. The van der Waals surface area contributed by atoms with Gasteiger partial charge >= 0.3 is 0 Å². The molecule has 4 aromatic rings. The smallest absolute Gasteiger partial charge is 0.245 e. The average molecular weight is 472 g/mol. The molecule has 35 heavy (non-hydrogen) atoms. The fraction of sp³-hybridized carbons (Fsp3) is 0.154. The summed E-state index contributed by atoms with van der Waals surface area (Å²) in [7, 11) is 4.05. The third-order valence-electron chi connectivity index (χ3n) is 5.67. The van der Waals surface area contributed by atoms with Crippen molar-refractivity contribution in [2.45, 2.75) is 13.5 Å². The second-order valence-corrected chi connectivity index (χ2v) is 8.66. The van der Waals surface area contributed by atoms with Crippen molar-refractivity contribution in [3.8, 4) is 17.2 Å². The number of hydrogen-bond acceptors (Lipinski definition) is 7. The van der Waals surface area contributed by atoms with Gasteiger partial charge in [-0.2, -0.15) is 9.37 Å². The van der Waals surface area contributed by atoms with Gasteiger partial charge in [-0.25, -0.2) is 15.0 Å². The van der Waals surface area contributed by atoms with Gasteiger partial charge in [-0.1, -0.05) is 18.2 Å². The summed E-state index contributed by atoms with van der Waals surface area (Å²) in [5, 5.41) is 0. The first kappa shape index (κ1) is 22.4. The van der Waals surface area contributed by atoms with E-state index in [1.54, 1.807) is 49.6 Å². The predicted octanol–water partition coefficient (Wildman–Crippen LogP) is 4.64. The number of aryl methyl sites for hydroxylation is 1. The maximum Gasteiger partial charge on any atom is 0.245 e. The van der Waals surface area contributed by atoms with Gasteiger partial charge in [0.1, 0.15) is 42.1 Å². The molecule has 9 heteroatoms. The molecule has 0 atom stereocenters. The zero-order valence-electron chi connectivity index (χ0n) is 19.6. The number of ether oxygens (including phenoxy) is 2. The molecule has 0 fully saturated rings. The molecule has 0 spiro atoms. The zero-order valence-corrected chi connectivity index (χ0v) is 19.6. The van der Waals surface area contributed by atoms with E-state index in [0.717, 1.165) is 28.1 Å². The fourth-order valence-electron chi connectivity index (χ4n) is 3.92. The van der Waals surface area contributed by atoms with Crippen LogP contribution in [0.5, 0.6) is 17.2 Å². The lowest BCUT2D eigenvalue weighted by atomic mass is 10.0. The van der Waals surface area contributed by atoms with Crippen LogP contribution in [0.4, 0.5) is 16.0 Å². The van der Waals surface area contributed by atoms with Crippen molar-refractivity contribution in [3.63, 3.8) is 0 Å². The summed E-state index contributed by atoms with van der Waals surface area (Å²) in [6, 6.07) is 12.2. The van der Waals surface area contributed by atoms with Crippen molar-refractivity contribution in [1.29, 1.82) is 0 Å². The van der Waals surface area contributed by atoms with E-state index in [1.165, 1.54) is 6.33 Å². The number of quaternary nitrogens is 1. The second-order valence-electron chi connectivity index (χ2n) is 8.66. The normalized spacial score (nSPS) is 13.8. The van der Waals surface area contributed by atoms with Gasteiger partial charge in [0.25, 0.3) is 0 Å². The molecule has 5 rings (SSSR count). The Kier molecular flexibility index (Phi) is 5.62. The van der Waals surface area contributed by atoms with Crippen LogP contribution in [0.25, 0.3) is 5.57 Å². The highest BCUT2D eigenvalue weighted by Crippen LogP contribution is 2.42. The van der Waals surface area contributed by atoms with Crippen LogP contribution in [-0.2, 0) is 6.61 Å². The van der Waals surface area contributed by atoms with E-state index in [2.05, 4.69) is 26.1 Å². The third kappa shape index (κ3) is 4.41. The Morgan fingerprint density at radius 2 is 1.66 bits per heavy atom. The number of rotatable bonds is 6. The van der Waals surface area contributed by atoms with Gasteiger partial charge in [0.05, 0.1) is 19.7 Å². The molecule has 1 aliphatic heterocycles. The Balaban J connectivity index is 1.34. The van der Waals surface area contributed by atoms with Crippen LogP contribution < -0.4 is 19.7 Å². The van der Waals surface area contributed by atoms with Crippen LogP contribution >= 0.6 is 0 Å². The van der Waals surface area contributed by atoms with Crippen LogP contribution in [0.3, 0.4) is 0 Å². The zero-order chi connectivity index (χ0) is 24.6. The molecular weight excluding hydrogens is 447 g/mol. The van der Waals surface area contributed by atoms with E-state index >= 15 is 4.39 Å². The Labute approximate surface area is 202 Å². The summed E-state index contributed by atoms with van der Waals surface area (Å²) in [4.78, 5) is 16.8. The van der Waals surface area contributed by atoms with Crippen molar-refractivity contribution in [2.24, 2.45) is 0 Å². The number of nitrogen functional groups attached to an aromatic ring is 1. The number of anilines is 1. The first-order valence-corrected chi connectivity index (χ1v) is 11.0. The van der Waals surface area contributed by atoms with E-state index in [4.69, 9.17) is 15.2 Å². The molecule has 2 aromatic carbocycles. The van der Waals surface area contributed by atoms with Gasteiger partial charge in [-0.3, -0.25) is 4.48 Å². The maximum absolute atomic E-state index is 15.0. The van der Waals surface area contributed by atoms with E-state index in [-0.39, 0.29) is 18.1 Å². The largest absolute Gasteiger partial charge is 0.486 e. The lowest BCUT2D eigenvalue weighted by molar-refractivity contribution is 0.284. The molecule has 0 bridgehead atoms. The van der Waals surface area contributed by atoms with Gasteiger partial charge in [0.2, 0.25) is 11.6 Å². The lowest BCUT2D eigenvalue weighted by Crippen LogP contribution is -2.32.